The molecule has 96 valence electrons. The number of benzene rings is 2. The Balaban J connectivity index is 2.05. The fourth-order valence-electron chi connectivity index (χ4n) is 2.34. The number of rotatable bonds is 1. The highest BCUT2D eigenvalue weighted by Gasteiger charge is 2.07. The first-order chi connectivity index (χ1) is 9.83. The quantitative estimate of drug-likeness (QED) is 0.480. The van der Waals surface area contributed by atoms with Crippen LogP contribution in [0, 0.1) is 4.51 Å². The second-order valence-corrected chi connectivity index (χ2v) is 4.99. The molecule has 0 saturated heterocycles. The van der Waals surface area contributed by atoms with Crippen LogP contribution in [0.25, 0.3) is 27.9 Å². The predicted octanol–water partition coefficient (Wildman–Crippen LogP) is 4.50. The summed E-state index contributed by atoms with van der Waals surface area (Å²) in [4.78, 5) is 4.37. The molecule has 0 aliphatic rings. The van der Waals surface area contributed by atoms with Gasteiger partial charge in [-0.2, -0.15) is 0 Å². The zero-order valence-corrected chi connectivity index (χ0v) is 11.3. The molecule has 4 aromatic rings. The van der Waals surface area contributed by atoms with Crippen molar-refractivity contribution in [1.82, 2.24) is 9.55 Å². The lowest BCUT2D eigenvalue weighted by atomic mass is 10.2. The first kappa shape index (κ1) is 11.4. The molecule has 0 atom stereocenters. The SMILES string of the molecule is S=c1cc(-n2cnc3ccccc32)oc2ccccc12. The van der Waals surface area contributed by atoms with E-state index in [-0.39, 0.29) is 0 Å². The summed E-state index contributed by atoms with van der Waals surface area (Å²) in [5.41, 5.74) is 2.72. The number of aromatic nitrogens is 2. The summed E-state index contributed by atoms with van der Waals surface area (Å²) in [7, 11) is 0. The molecule has 4 rings (SSSR count). The summed E-state index contributed by atoms with van der Waals surface area (Å²) in [6, 6.07) is 17.6. The first-order valence-corrected chi connectivity index (χ1v) is 6.69. The van der Waals surface area contributed by atoms with E-state index >= 15 is 0 Å². The van der Waals surface area contributed by atoms with E-state index in [2.05, 4.69) is 4.98 Å². The van der Waals surface area contributed by atoms with Gasteiger partial charge >= 0.3 is 0 Å². The second-order valence-electron chi connectivity index (χ2n) is 4.55. The van der Waals surface area contributed by atoms with E-state index in [0.29, 0.717) is 5.88 Å². The van der Waals surface area contributed by atoms with Crippen molar-refractivity contribution in [2.24, 2.45) is 0 Å². The summed E-state index contributed by atoms with van der Waals surface area (Å²) in [6.45, 7) is 0. The van der Waals surface area contributed by atoms with Crippen LogP contribution in [0.15, 0.2) is 65.3 Å². The van der Waals surface area contributed by atoms with E-state index in [9.17, 15) is 0 Å². The molecular weight excluding hydrogens is 268 g/mol. The summed E-state index contributed by atoms with van der Waals surface area (Å²) < 4.78 is 8.64. The third-order valence-corrected chi connectivity index (χ3v) is 3.65. The number of para-hydroxylation sites is 3. The van der Waals surface area contributed by atoms with Crippen LogP contribution in [0.1, 0.15) is 0 Å². The fourth-order valence-corrected chi connectivity index (χ4v) is 2.61. The maximum Gasteiger partial charge on any atom is 0.207 e. The summed E-state index contributed by atoms with van der Waals surface area (Å²) in [5.74, 6) is 0.683. The molecule has 0 radical (unpaired) electrons. The molecule has 0 fully saturated rings. The van der Waals surface area contributed by atoms with Crippen LogP contribution >= 0.6 is 12.2 Å². The molecular formula is C16H10N2OS. The molecule has 2 heterocycles. The minimum absolute atomic E-state index is 0.683. The highest BCUT2D eigenvalue weighted by Crippen LogP contribution is 2.23. The minimum atomic E-state index is 0.683. The van der Waals surface area contributed by atoms with Gasteiger partial charge in [0.25, 0.3) is 0 Å². The van der Waals surface area contributed by atoms with Crippen LogP contribution in [0.2, 0.25) is 0 Å². The molecule has 4 heteroatoms. The topological polar surface area (TPSA) is 31.0 Å². The lowest BCUT2D eigenvalue weighted by molar-refractivity contribution is 0.572. The molecule has 2 aromatic carbocycles. The third kappa shape index (κ3) is 1.66. The molecule has 0 N–H and O–H groups in total. The molecule has 0 saturated carbocycles. The van der Waals surface area contributed by atoms with Crippen LogP contribution in [-0.4, -0.2) is 9.55 Å². The highest BCUT2D eigenvalue weighted by molar-refractivity contribution is 7.71. The second kappa shape index (κ2) is 4.28. The third-order valence-electron chi connectivity index (χ3n) is 3.31. The summed E-state index contributed by atoms with van der Waals surface area (Å²) in [5, 5.41) is 0.954. The minimum Gasteiger partial charge on any atom is -0.440 e. The van der Waals surface area contributed by atoms with Gasteiger partial charge in [0.1, 0.15) is 11.9 Å². The number of imidazole rings is 1. The van der Waals surface area contributed by atoms with Crippen LogP contribution in [0.5, 0.6) is 0 Å². The van der Waals surface area contributed by atoms with Crippen molar-refractivity contribution in [3.8, 4) is 5.88 Å². The monoisotopic (exact) mass is 278 g/mol. The Labute approximate surface area is 120 Å². The molecule has 2 aromatic heterocycles. The Morgan fingerprint density at radius 3 is 2.75 bits per heavy atom. The molecule has 0 spiro atoms. The molecule has 0 aliphatic carbocycles. The molecule has 0 aliphatic heterocycles. The van der Waals surface area contributed by atoms with E-state index in [4.69, 9.17) is 16.6 Å². The molecule has 0 unspecified atom stereocenters. The van der Waals surface area contributed by atoms with Crippen LogP contribution in [0.3, 0.4) is 0 Å². The van der Waals surface area contributed by atoms with E-state index in [1.165, 1.54) is 0 Å². The van der Waals surface area contributed by atoms with Gasteiger partial charge in [0.05, 0.1) is 15.5 Å². The average molecular weight is 278 g/mol. The maximum atomic E-state index is 5.95. The van der Waals surface area contributed by atoms with Gasteiger partial charge in [-0.3, -0.25) is 4.57 Å². The predicted molar refractivity (Wildman–Crippen MR) is 81.7 cm³/mol. The van der Waals surface area contributed by atoms with Gasteiger partial charge < -0.3 is 4.42 Å². The zero-order chi connectivity index (χ0) is 13.5. The van der Waals surface area contributed by atoms with Crippen LogP contribution in [0.4, 0.5) is 0 Å². The van der Waals surface area contributed by atoms with Gasteiger partial charge in [-0.15, -0.1) is 0 Å². The van der Waals surface area contributed by atoms with Crippen molar-refractivity contribution in [3.05, 3.63) is 65.4 Å². The number of nitrogens with zero attached hydrogens (tertiary/aromatic N) is 2. The Hall–Kier alpha value is -2.46. The number of hydrogen-bond acceptors (Lipinski definition) is 3. The standard InChI is InChI=1S/C16H10N2OS/c20-15-9-16(19-14-8-4-1-5-11(14)15)18-10-17-12-6-2-3-7-13(12)18/h1-10H. The highest BCUT2D eigenvalue weighted by atomic mass is 32.1. The Bertz CT molecular complexity index is 984. The summed E-state index contributed by atoms with van der Waals surface area (Å²) in [6.07, 6.45) is 1.76. The van der Waals surface area contributed by atoms with Gasteiger partial charge in [0.2, 0.25) is 5.88 Å². The number of hydrogen-bond donors (Lipinski definition) is 0. The van der Waals surface area contributed by atoms with Crippen molar-refractivity contribution < 1.29 is 4.42 Å². The van der Waals surface area contributed by atoms with Gasteiger partial charge in [-0.05, 0) is 24.3 Å². The van der Waals surface area contributed by atoms with E-state index in [1.807, 2.05) is 59.2 Å². The fraction of sp³-hybridized carbons (Fsp3) is 0. The summed E-state index contributed by atoms with van der Waals surface area (Å²) >= 11 is 5.44. The lowest BCUT2D eigenvalue weighted by Gasteiger charge is -2.05. The van der Waals surface area contributed by atoms with Crippen LogP contribution < -0.4 is 0 Å². The first-order valence-electron chi connectivity index (χ1n) is 6.28. The van der Waals surface area contributed by atoms with Crippen LogP contribution in [-0.2, 0) is 0 Å². The average Bonchev–Trinajstić information content (AvgIpc) is 2.91. The van der Waals surface area contributed by atoms with Crippen molar-refractivity contribution in [2.45, 2.75) is 0 Å². The molecule has 0 bridgehead atoms. The van der Waals surface area contributed by atoms with E-state index in [0.717, 1.165) is 26.5 Å². The Morgan fingerprint density at radius 1 is 1.00 bits per heavy atom. The molecule has 0 amide bonds. The van der Waals surface area contributed by atoms with Crippen molar-refractivity contribution in [2.75, 3.05) is 0 Å². The Morgan fingerprint density at radius 2 is 1.80 bits per heavy atom. The van der Waals surface area contributed by atoms with Gasteiger partial charge in [-0.1, -0.05) is 36.5 Å². The molecule has 3 nitrogen and oxygen atoms in total. The largest absolute Gasteiger partial charge is 0.440 e. The van der Waals surface area contributed by atoms with E-state index in [1.54, 1.807) is 6.33 Å². The normalized spacial score (nSPS) is 11.2. The lowest BCUT2D eigenvalue weighted by Crippen LogP contribution is -1.92. The van der Waals surface area contributed by atoms with E-state index < -0.39 is 0 Å². The van der Waals surface area contributed by atoms with Crippen molar-refractivity contribution >= 4 is 34.2 Å². The maximum absolute atomic E-state index is 5.95. The molecule has 20 heavy (non-hydrogen) atoms. The van der Waals surface area contributed by atoms with Gasteiger partial charge in [0, 0.05) is 11.5 Å². The van der Waals surface area contributed by atoms with Crippen molar-refractivity contribution in [1.29, 1.82) is 0 Å². The zero-order valence-electron chi connectivity index (χ0n) is 10.5. The smallest absolute Gasteiger partial charge is 0.207 e. The Kier molecular flexibility index (Phi) is 2.44. The van der Waals surface area contributed by atoms with Gasteiger partial charge in [-0.25, -0.2) is 4.98 Å². The van der Waals surface area contributed by atoms with Gasteiger partial charge in [0.15, 0.2) is 0 Å². The number of fused-ring (bicyclic) bond motifs is 2. The van der Waals surface area contributed by atoms with Crippen molar-refractivity contribution in [3.63, 3.8) is 0 Å².